The summed E-state index contributed by atoms with van der Waals surface area (Å²) in [7, 11) is 1.34. The molecular formula is C23H20FN5O6. The molecule has 0 radical (unpaired) electrons. The number of aromatic carboxylic acids is 1. The van der Waals surface area contributed by atoms with Crippen LogP contribution < -0.4 is 20.3 Å². The van der Waals surface area contributed by atoms with Crippen molar-refractivity contribution in [3.8, 4) is 11.5 Å². The molecule has 4 rings (SSSR count). The lowest BCUT2D eigenvalue weighted by Gasteiger charge is -2.08. The third-order valence-corrected chi connectivity index (χ3v) is 5.06. The van der Waals surface area contributed by atoms with Crippen LogP contribution in [-0.2, 0) is 13.1 Å². The quantitative estimate of drug-likeness (QED) is 0.329. The number of nitrogens with zero attached hydrogens (tertiary/aromatic N) is 3. The molecule has 0 spiro atoms. The van der Waals surface area contributed by atoms with E-state index < -0.39 is 23.3 Å². The van der Waals surface area contributed by atoms with E-state index in [1.807, 2.05) is 0 Å². The second-order valence-electron chi connectivity index (χ2n) is 7.35. The van der Waals surface area contributed by atoms with Gasteiger partial charge >= 0.3 is 5.97 Å². The average molecular weight is 481 g/mol. The monoisotopic (exact) mass is 481 g/mol. The zero-order chi connectivity index (χ0) is 24.9. The van der Waals surface area contributed by atoms with Gasteiger partial charge in [-0.2, -0.15) is 5.10 Å². The Labute approximate surface area is 197 Å². The van der Waals surface area contributed by atoms with Crippen LogP contribution in [0.1, 0.15) is 26.5 Å². The van der Waals surface area contributed by atoms with E-state index in [0.29, 0.717) is 11.3 Å². The van der Waals surface area contributed by atoms with Gasteiger partial charge in [0.1, 0.15) is 17.9 Å². The van der Waals surface area contributed by atoms with E-state index in [4.69, 9.17) is 14.6 Å². The van der Waals surface area contributed by atoms with Crippen LogP contribution in [-0.4, -0.2) is 50.4 Å². The summed E-state index contributed by atoms with van der Waals surface area (Å²) in [4.78, 5) is 42.7. The lowest BCUT2D eigenvalue weighted by Crippen LogP contribution is -2.28. The minimum Gasteiger partial charge on any atom is -0.494 e. The summed E-state index contributed by atoms with van der Waals surface area (Å²) in [5.74, 6) is -1.83. The smallest absolute Gasteiger partial charge is 0.335 e. The van der Waals surface area contributed by atoms with Crippen molar-refractivity contribution in [1.29, 1.82) is 0 Å². The number of carboxylic acids is 1. The summed E-state index contributed by atoms with van der Waals surface area (Å²) in [6.07, 6.45) is 1.37. The highest BCUT2D eigenvalue weighted by Gasteiger charge is 2.15. The molecule has 0 unspecified atom stereocenters. The number of H-pyrrole nitrogens is 1. The van der Waals surface area contributed by atoms with Crippen LogP contribution in [0.2, 0.25) is 0 Å². The standard InChI is InChI=1S/C23H20FN5O6/c1-34-18-10-13(2-7-16(18)24)11-25-22(31)20-27-17-12-26-29(19(17)21(30)28-20)8-9-35-15-5-3-14(4-6-15)23(32)33/h2-7,10,12H,8-9,11H2,1H3,(H,25,31)(H,32,33)(H,27,28,30). The summed E-state index contributed by atoms with van der Waals surface area (Å²) >= 11 is 0. The number of amides is 1. The number of carboxylic acid groups (broad SMARTS) is 1. The number of aromatic amines is 1. The van der Waals surface area contributed by atoms with Crippen LogP contribution in [0, 0.1) is 5.82 Å². The Kier molecular flexibility index (Phi) is 6.71. The van der Waals surface area contributed by atoms with Gasteiger partial charge in [-0.3, -0.25) is 14.3 Å². The molecule has 3 N–H and O–H groups in total. The Morgan fingerprint density at radius 3 is 2.69 bits per heavy atom. The molecule has 35 heavy (non-hydrogen) atoms. The van der Waals surface area contributed by atoms with Crippen molar-refractivity contribution in [3.05, 3.63) is 81.8 Å². The number of benzene rings is 2. The third-order valence-electron chi connectivity index (χ3n) is 5.06. The Bertz CT molecular complexity index is 1450. The maximum atomic E-state index is 13.5. The van der Waals surface area contributed by atoms with Gasteiger partial charge in [-0.15, -0.1) is 0 Å². The van der Waals surface area contributed by atoms with Crippen LogP contribution in [0.3, 0.4) is 0 Å². The maximum absolute atomic E-state index is 13.5. The molecule has 0 saturated heterocycles. The minimum absolute atomic E-state index is 0.0540. The molecule has 0 aliphatic carbocycles. The molecule has 0 atom stereocenters. The van der Waals surface area contributed by atoms with E-state index in [9.17, 15) is 18.8 Å². The molecule has 12 heteroatoms. The van der Waals surface area contributed by atoms with Crippen LogP contribution in [0.5, 0.6) is 11.5 Å². The summed E-state index contributed by atoms with van der Waals surface area (Å²) < 4.78 is 25.4. The van der Waals surface area contributed by atoms with Gasteiger partial charge in [-0.25, -0.2) is 14.2 Å². The van der Waals surface area contributed by atoms with E-state index in [1.54, 1.807) is 0 Å². The summed E-state index contributed by atoms with van der Waals surface area (Å²) in [5, 5.41) is 15.7. The Hall–Kier alpha value is -4.74. The minimum atomic E-state index is -1.03. The first-order chi connectivity index (χ1) is 16.9. The largest absolute Gasteiger partial charge is 0.494 e. The number of methoxy groups -OCH3 is 1. The number of aromatic nitrogens is 4. The highest BCUT2D eigenvalue weighted by molar-refractivity contribution is 5.92. The second kappa shape index (κ2) is 10.0. The van der Waals surface area contributed by atoms with E-state index in [1.165, 1.54) is 60.5 Å². The third kappa shape index (κ3) is 5.27. The normalized spacial score (nSPS) is 10.8. The van der Waals surface area contributed by atoms with Gasteiger partial charge in [-0.1, -0.05) is 6.07 Å². The molecule has 1 amide bonds. The average Bonchev–Trinajstić information content (AvgIpc) is 3.27. The molecule has 0 fully saturated rings. The van der Waals surface area contributed by atoms with Crippen molar-refractivity contribution in [3.63, 3.8) is 0 Å². The number of rotatable bonds is 9. The molecule has 0 saturated carbocycles. The lowest BCUT2D eigenvalue weighted by molar-refractivity contribution is 0.0696. The van der Waals surface area contributed by atoms with E-state index in [-0.39, 0.29) is 47.9 Å². The van der Waals surface area contributed by atoms with Gasteiger partial charge in [0.25, 0.3) is 11.5 Å². The molecule has 2 aromatic carbocycles. The fourth-order valence-corrected chi connectivity index (χ4v) is 3.31. The number of halogens is 1. The van der Waals surface area contributed by atoms with Crippen LogP contribution in [0.4, 0.5) is 4.39 Å². The van der Waals surface area contributed by atoms with Crippen LogP contribution >= 0.6 is 0 Å². The Balaban J connectivity index is 1.41. The topological polar surface area (TPSA) is 148 Å². The SMILES string of the molecule is COc1cc(CNC(=O)c2nc3cnn(CCOc4ccc(C(=O)O)cc4)c3c(=O)[nH]2)ccc1F. The fourth-order valence-electron chi connectivity index (χ4n) is 3.31. The molecule has 11 nitrogen and oxygen atoms in total. The first-order valence-electron chi connectivity index (χ1n) is 10.4. The number of ether oxygens (including phenoxy) is 2. The predicted octanol–water partition coefficient (Wildman–Crippen LogP) is 1.97. The van der Waals surface area contributed by atoms with Crippen LogP contribution in [0.15, 0.2) is 53.5 Å². The van der Waals surface area contributed by atoms with Crippen molar-refractivity contribution in [2.75, 3.05) is 13.7 Å². The summed E-state index contributed by atoms with van der Waals surface area (Å²) in [6, 6.07) is 10.1. The second-order valence-corrected chi connectivity index (χ2v) is 7.35. The number of fused-ring (bicyclic) bond motifs is 1. The van der Waals surface area contributed by atoms with Gasteiger partial charge < -0.3 is 24.9 Å². The molecule has 2 heterocycles. The van der Waals surface area contributed by atoms with Gasteiger partial charge in [0.2, 0.25) is 0 Å². The van der Waals surface area contributed by atoms with E-state index in [2.05, 4.69) is 20.4 Å². The van der Waals surface area contributed by atoms with Crippen molar-refractivity contribution < 1.29 is 28.6 Å². The number of hydrogen-bond donors (Lipinski definition) is 3. The van der Waals surface area contributed by atoms with Crippen molar-refractivity contribution in [1.82, 2.24) is 25.1 Å². The Morgan fingerprint density at radius 1 is 1.20 bits per heavy atom. The zero-order valence-corrected chi connectivity index (χ0v) is 18.4. The predicted molar refractivity (Wildman–Crippen MR) is 121 cm³/mol. The molecule has 180 valence electrons. The first kappa shape index (κ1) is 23.4. The number of nitrogens with one attached hydrogen (secondary N) is 2. The fraction of sp³-hybridized carbons (Fsp3) is 0.174. The highest BCUT2D eigenvalue weighted by atomic mass is 19.1. The van der Waals surface area contributed by atoms with Crippen molar-refractivity contribution in [2.24, 2.45) is 0 Å². The molecule has 0 aliphatic heterocycles. The molecule has 4 aromatic rings. The van der Waals surface area contributed by atoms with Crippen molar-refractivity contribution >= 4 is 22.9 Å². The van der Waals surface area contributed by atoms with E-state index >= 15 is 0 Å². The van der Waals surface area contributed by atoms with Crippen LogP contribution in [0.25, 0.3) is 11.0 Å². The summed E-state index contributed by atoms with van der Waals surface area (Å²) in [6.45, 7) is 0.445. The first-order valence-corrected chi connectivity index (χ1v) is 10.4. The van der Waals surface area contributed by atoms with Gasteiger partial charge in [0.05, 0.1) is 25.4 Å². The Morgan fingerprint density at radius 2 is 1.97 bits per heavy atom. The number of carbonyl (C=O) groups excluding carboxylic acids is 1. The molecule has 2 aromatic heterocycles. The van der Waals surface area contributed by atoms with Crippen molar-refractivity contribution in [2.45, 2.75) is 13.1 Å². The molecule has 0 aliphatic rings. The van der Waals surface area contributed by atoms with Gasteiger partial charge in [0, 0.05) is 6.54 Å². The van der Waals surface area contributed by atoms with Gasteiger partial charge in [0.15, 0.2) is 22.9 Å². The highest BCUT2D eigenvalue weighted by Crippen LogP contribution is 2.18. The number of hydrogen-bond acceptors (Lipinski definition) is 7. The van der Waals surface area contributed by atoms with E-state index in [0.717, 1.165) is 0 Å². The van der Waals surface area contributed by atoms with Gasteiger partial charge in [-0.05, 0) is 42.0 Å². The lowest BCUT2D eigenvalue weighted by atomic mass is 10.2. The number of carbonyl (C=O) groups is 2. The summed E-state index contributed by atoms with van der Waals surface area (Å²) in [5.41, 5.74) is 0.602. The maximum Gasteiger partial charge on any atom is 0.335 e. The zero-order valence-electron chi connectivity index (χ0n) is 18.4. The molecule has 0 bridgehead atoms. The molecular weight excluding hydrogens is 461 g/mol.